The third-order valence-corrected chi connectivity index (χ3v) is 5.06. The predicted molar refractivity (Wildman–Crippen MR) is 112 cm³/mol. The number of hydrogen-bond acceptors (Lipinski definition) is 5. The SMILES string of the molecule is CC[C@@H](Oc1ccc(C)c(C)c1)C(=O)N(C)Cc1nc(-c2ccccc2Cl)no1. The molecule has 0 aliphatic carbocycles. The maximum atomic E-state index is 12.9. The summed E-state index contributed by atoms with van der Waals surface area (Å²) in [5.41, 5.74) is 2.98. The van der Waals surface area contributed by atoms with Gasteiger partial charge in [0.2, 0.25) is 11.7 Å². The molecule has 0 saturated heterocycles. The van der Waals surface area contributed by atoms with E-state index >= 15 is 0 Å². The molecule has 0 spiro atoms. The Kier molecular flexibility index (Phi) is 6.54. The summed E-state index contributed by atoms with van der Waals surface area (Å²) in [6.07, 6.45) is -0.0433. The van der Waals surface area contributed by atoms with Crippen LogP contribution in [0.1, 0.15) is 30.4 Å². The lowest BCUT2D eigenvalue weighted by atomic mass is 10.1. The van der Waals surface area contributed by atoms with E-state index in [2.05, 4.69) is 10.1 Å². The Morgan fingerprint density at radius 2 is 1.97 bits per heavy atom. The Morgan fingerprint density at radius 3 is 2.66 bits per heavy atom. The molecule has 29 heavy (non-hydrogen) atoms. The first kappa shape index (κ1) is 20.9. The zero-order valence-electron chi connectivity index (χ0n) is 17.0. The van der Waals surface area contributed by atoms with Crippen molar-refractivity contribution in [2.75, 3.05) is 7.05 Å². The van der Waals surface area contributed by atoms with Gasteiger partial charge in [-0.15, -0.1) is 0 Å². The normalized spacial score (nSPS) is 11.9. The topological polar surface area (TPSA) is 68.5 Å². The third-order valence-electron chi connectivity index (χ3n) is 4.73. The second-order valence-corrected chi connectivity index (χ2v) is 7.35. The Balaban J connectivity index is 1.67. The molecule has 0 N–H and O–H groups in total. The standard InChI is InChI=1S/C22H24ClN3O3/c1-5-19(28-16-11-10-14(2)15(3)12-16)22(27)26(4)13-20-24-21(25-29-20)17-8-6-7-9-18(17)23/h6-12,19H,5,13H2,1-4H3/t19-/m1/s1. The van der Waals surface area contributed by atoms with E-state index < -0.39 is 6.10 Å². The third kappa shape index (κ3) is 4.95. The fourth-order valence-electron chi connectivity index (χ4n) is 2.86. The van der Waals surface area contributed by atoms with Crippen LogP contribution in [-0.4, -0.2) is 34.1 Å². The number of benzene rings is 2. The van der Waals surface area contributed by atoms with Gasteiger partial charge in [-0.3, -0.25) is 4.79 Å². The molecule has 2 aromatic carbocycles. The second kappa shape index (κ2) is 9.09. The molecule has 3 rings (SSSR count). The van der Waals surface area contributed by atoms with Gasteiger partial charge in [0.15, 0.2) is 6.10 Å². The van der Waals surface area contributed by atoms with Gasteiger partial charge < -0.3 is 14.2 Å². The van der Waals surface area contributed by atoms with Crippen LogP contribution in [0.4, 0.5) is 0 Å². The van der Waals surface area contributed by atoms with Crippen LogP contribution in [0.25, 0.3) is 11.4 Å². The number of ether oxygens (including phenoxy) is 1. The van der Waals surface area contributed by atoms with Crippen molar-refractivity contribution >= 4 is 17.5 Å². The largest absolute Gasteiger partial charge is 0.481 e. The quantitative estimate of drug-likeness (QED) is 0.555. The van der Waals surface area contributed by atoms with E-state index in [0.29, 0.717) is 34.5 Å². The minimum atomic E-state index is -0.590. The highest BCUT2D eigenvalue weighted by Gasteiger charge is 2.24. The van der Waals surface area contributed by atoms with E-state index in [1.54, 1.807) is 13.1 Å². The van der Waals surface area contributed by atoms with E-state index in [-0.39, 0.29) is 12.5 Å². The lowest BCUT2D eigenvalue weighted by molar-refractivity contribution is -0.138. The van der Waals surface area contributed by atoms with Crippen molar-refractivity contribution in [1.29, 1.82) is 0 Å². The summed E-state index contributed by atoms with van der Waals surface area (Å²) in [5.74, 6) is 1.25. The number of aromatic nitrogens is 2. The number of amides is 1. The first-order valence-corrected chi connectivity index (χ1v) is 9.83. The predicted octanol–water partition coefficient (Wildman–Crippen LogP) is 4.82. The average Bonchev–Trinajstić information content (AvgIpc) is 3.16. The van der Waals surface area contributed by atoms with Crippen LogP contribution in [0.5, 0.6) is 5.75 Å². The smallest absolute Gasteiger partial charge is 0.263 e. The van der Waals surface area contributed by atoms with Gasteiger partial charge in [-0.25, -0.2) is 0 Å². The minimum absolute atomic E-state index is 0.150. The molecule has 1 atom stereocenters. The van der Waals surface area contributed by atoms with Crippen LogP contribution >= 0.6 is 11.6 Å². The molecule has 0 radical (unpaired) electrons. The molecule has 0 aliphatic rings. The number of likely N-dealkylation sites (N-methyl/N-ethyl adjacent to an activating group) is 1. The molecule has 1 aromatic heterocycles. The molecule has 1 amide bonds. The van der Waals surface area contributed by atoms with E-state index in [4.69, 9.17) is 20.9 Å². The van der Waals surface area contributed by atoms with Gasteiger partial charge in [-0.05, 0) is 55.7 Å². The van der Waals surface area contributed by atoms with Crippen LogP contribution in [0, 0.1) is 13.8 Å². The van der Waals surface area contributed by atoms with Crippen molar-refractivity contribution in [1.82, 2.24) is 15.0 Å². The second-order valence-electron chi connectivity index (χ2n) is 6.95. The number of carbonyl (C=O) groups is 1. The van der Waals surface area contributed by atoms with Gasteiger partial charge in [-0.2, -0.15) is 4.98 Å². The number of carbonyl (C=O) groups excluding carboxylic acids is 1. The minimum Gasteiger partial charge on any atom is -0.481 e. The highest BCUT2D eigenvalue weighted by atomic mass is 35.5. The van der Waals surface area contributed by atoms with E-state index in [0.717, 1.165) is 5.56 Å². The van der Waals surface area contributed by atoms with E-state index in [1.807, 2.05) is 57.2 Å². The summed E-state index contributed by atoms with van der Waals surface area (Å²) in [6, 6.07) is 13.1. The average molecular weight is 414 g/mol. The van der Waals surface area contributed by atoms with Gasteiger partial charge in [-0.1, -0.05) is 41.9 Å². The molecule has 0 aliphatic heterocycles. The fourth-order valence-corrected chi connectivity index (χ4v) is 3.08. The first-order chi connectivity index (χ1) is 13.9. The van der Waals surface area contributed by atoms with Gasteiger partial charge in [0.1, 0.15) is 5.75 Å². The Bertz CT molecular complexity index is 1000. The number of hydrogen-bond donors (Lipinski definition) is 0. The summed E-state index contributed by atoms with van der Waals surface area (Å²) in [4.78, 5) is 18.7. The van der Waals surface area contributed by atoms with Crippen molar-refractivity contribution in [2.45, 2.75) is 39.8 Å². The van der Waals surface area contributed by atoms with Gasteiger partial charge in [0, 0.05) is 12.6 Å². The molecular weight excluding hydrogens is 390 g/mol. The first-order valence-electron chi connectivity index (χ1n) is 9.45. The highest BCUT2D eigenvalue weighted by Crippen LogP contribution is 2.25. The maximum Gasteiger partial charge on any atom is 0.263 e. The van der Waals surface area contributed by atoms with Crippen molar-refractivity contribution in [3.05, 3.63) is 64.5 Å². The summed E-state index contributed by atoms with van der Waals surface area (Å²) in [7, 11) is 1.69. The number of halogens is 1. The van der Waals surface area contributed by atoms with Crippen molar-refractivity contribution in [2.24, 2.45) is 0 Å². The summed E-state index contributed by atoms with van der Waals surface area (Å²) >= 11 is 6.18. The number of nitrogens with zero attached hydrogens (tertiary/aromatic N) is 3. The van der Waals surface area contributed by atoms with E-state index in [9.17, 15) is 4.79 Å². The monoisotopic (exact) mass is 413 g/mol. The molecule has 0 bridgehead atoms. The summed E-state index contributed by atoms with van der Waals surface area (Å²) in [6.45, 7) is 6.16. The molecule has 0 fully saturated rings. The Morgan fingerprint density at radius 1 is 1.21 bits per heavy atom. The lowest BCUT2D eigenvalue weighted by Crippen LogP contribution is -2.39. The van der Waals surface area contributed by atoms with Gasteiger partial charge >= 0.3 is 0 Å². The van der Waals surface area contributed by atoms with Gasteiger partial charge in [0.25, 0.3) is 5.91 Å². The summed E-state index contributed by atoms with van der Waals surface area (Å²) < 4.78 is 11.2. The zero-order valence-corrected chi connectivity index (χ0v) is 17.7. The molecule has 7 heteroatoms. The van der Waals surface area contributed by atoms with Gasteiger partial charge in [0.05, 0.1) is 11.6 Å². The number of aryl methyl sites for hydroxylation is 2. The van der Waals surface area contributed by atoms with Crippen molar-refractivity contribution in [3.8, 4) is 17.1 Å². The number of rotatable bonds is 7. The van der Waals surface area contributed by atoms with Crippen LogP contribution < -0.4 is 4.74 Å². The zero-order chi connectivity index (χ0) is 21.0. The summed E-state index contributed by atoms with van der Waals surface area (Å²) in [5, 5.41) is 4.51. The fraction of sp³-hybridized carbons (Fsp3) is 0.318. The van der Waals surface area contributed by atoms with Crippen LogP contribution in [0.3, 0.4) is 0 Å². The molecule has 0 saturated carbocycles. The van der Waals surface area contributed by atoms with Crippen LogP contribution in [-0.2, 0) is 11.3 Å². The Hall–Kier alpha value is -2.86. The molecule has 1 heterocycles. The molecular formula is C22H24ClN3O3. The van der Waals surface area contributed by atoms with Crippen molar-refractivity contribution < 1.29 is 14.1 Å². The van der Waals surface area contributed by atoms with Crippen molar-refractivity contribution in [3.63, 3.8) is 0 Å². The maximum absolute atomic E-state index is 12.9. The molecule has 3 aromatic rings. The molecule has 0 unspecified atom stereocenters. The lowest BCUT2D eigenvalue weighted by Gasteiger charge is -2.23. The van der Waals surface area contributed by atoms with Crippen LogP contribution in [0.2, 0.25) is 5.02 Å². The Labute approximate surface area is 175 Å². The highest BCUT2D eigenvalue weighted by molar-refractivity contribution is 6.33. The molecule has 152 valence electrons. The molecule has 6 nitrogen and oxygen atoms in total. The van der Waals surface area contributed by atoms with E-state index in [1.165, 1.54) is 10.5 Å². The van der Waals surface area contributed by atoms with Crippen LogP contribution in [0.15, 0.2) is 47.0 Å².